The van der Waals surface area contributed by atoms with Crippen molar-refractivity contribution in [2.24, 2.45) is 17.8 Å². The van der Waals surface area contributed by atoms with Gasteiger partial charge in [0.25, 0.3) is 0 Å². The van der Waals surface area contributed by atoms with Crippen LogP contribution in [-0.2, 0) is 24.5 Å². The molecule has 1 amide bonds. The Bertz CT molecular complexity index is 828. The molecule has 0 saturated carbocycles. The smallest absolute Gasteiger partial charge is 0.311 e. The third kappa shape index (κ3) is 3.10. The number of nitrogens with one attached hydrogen (secondary N) is 1. The molecule has 1 aromatic carbocycles. The third-order valence-corrected chi connectivity index (χ3v) is 7.63. The van der Waals surface area contributed by atoms with Crippen molar-refractivity contribution in [1.29, 1.82) is 0 Å². The maximum absolute atomic E-state index is 13.4. The van der Waals surface area contributed by atoms with Crippen LogP contribution in [0.4, 0.5) is 5.69 Å². The van der Waals surface area contributed by atoms with Crippen molar-refractivity contribution < 1.29 is 23.8 Å². The monoisotopic (exact) mass is 416 g/mol. The van der Waals surface area contributed by atoms with E-state index in [2.05, 4.69) is 17.1 Å². The summed E-state index contributed by atoms with van der Waals surface area (Å²) < 4.78 is 16.0. The van der Waals surface area contributed by atoms with Crippen LogP contribution in [0.2, 0.25) is 0 Å². The van der Waals surface area contributed by atoms with Gasteiger partial charge < -0.3 is 19.5 Å². The van der Waals surface area contributed by atoms with Crippen LogP contribution in [0.5, 0.6) is 5.75 Å². The highest BCUT2D eigenvalue weighted by molar-refractivity contribution is 6.07. The first kappa shape index (κ1) is 21.1. The molecular weight excluding hydrogens is 384 g/mol. The Morgan fingerprint density at radius 2 is 2.13 bits per heavy atom. The number of benzene rings is 1. The molecule has 0 aromatic heterocycles. The van der Waals surface area contributed by atoms with E-state index in [-0.39, 0.29) is 29.8 Å². The molecule has 1 spiro atoms. The van der Waals surface area contributed by atoms with E-state index in [1.165, 1.54) is 7.11 Å². The maximum Gasteiger partial charge on any atom is 0.311 e. The van der Waals surface area contributed by atoms with Gasteiger partial charge in [-0.25, -0.2) is 0 Å². The highest BCUT2D eigenvalue weighted by Crippen LogP contribution is 2.53. The Morgan fingerprint density at radius 3 is 2.80 bits per heavy atom. The lowest BCUT2D eigenvalue weighted by molar-refractivity contribution is -0.152. The van der Waals surface area contributed by atoms with Crippen LogP contribution in [0.1, 0.15) is 31.7 Å². The summed E-state index contributed by atoms with van der Waals surface area (Å²) in [6.07, 6.45) is 2.53. The summed E-state index contributed by atoms with van der Waals surface area (Å²) in [7, 11) is 4.70. The van der Waals surface area contributed by atoms with E-state index in [1.807, 2.05) is 18.2 Å². The van der Waals surface area contributed by atoms with E-state index in [0.29, 0.717) is 12.5 Å². The molecule has 164 valence electrons. The Labute approximate surface area is 178 Å². The van der Waals surface area contributed by atoms with Crippen LogP contribution < -0.4 is 10.1 Å². The fourth-order valence-corrected chi connectivity index (χ4v) is 6.10. The molecule has 3 heterocycles. The summed E-state index contributed by atoms with van der Waals surface area (Å²) in [6.45, 7) is 4.28. The van der Waals surface area contributed by atoms with Gasteiger partial charge in [-0.05, 0) is 55.0 Å². The molecule has 2 fully saturated rings. The summed E-state index contributed by atoms with van der Waals surface area (Å²) in [5.74, 6) is 0.755. The molecule has 1 N–H and O–H groups in total. The van der Waals surface area contributed by atoms with Gasteiger partial charge in [0.05, 0.1) is 32.2 Å². The highest BCUT2D eigenvalue weighted by Gasteiger charge is 2.60. The normalized spacial score (nSPS) is 31.2. The number of methoxy groups -OCH3 is 3. The average molecular weight is 417 g/mol. The number of rotatable bonds is 6. The molecule has 0 aliphatic carbocycles. The number of esters is 1. The van der Waals surface area contributed by atoms with Gasteiger partial charge in [-0.2, -0.15) is 0 Å². The van der Waals surface area contributed by atoms with Gasteiger partial charge in [-0.1, -0.05) is 13.3 Å². The van der Waals surface area contributed by atoms with Crippen LogP contribution in [0.15, 0.2) is 18.2 Å². The molecule has 7 nitrogen and oxygen atoms in total. The first-order valence-corrected chi connectivity index (χ1v) is 10.8. The molecule has 4 rings (SSSR count). The summed E-state index contributed by atoms with van der Waals surface area (Å²) in [5, 5.41) is 3.11. The summed E-state index contributed by atoms with van der Waals surface area (Å²) in [5.41, 5.74) is 1.29. The minimum atomic E-state index is -0.603. The summed E-state index contributed by atoms with van der Waals surface area (Å²) in [6, 6.07) is 5.86. The molecule has 0 radical (unpaired) electrons. The van der Waals surface area contributed by atoms with Crippen LogP contribution in [-0.4, -0.2) is 63.8 Å². The van der Waals surface area contributed by atoms with Gasteiger partial charge in [0, 0.05) is 25.4 Å². The van der Waals surface area contributed by atoms with E-state index in [4.69, 9.17) is 14.2 Å². The number of ether oxygens (including phenoxy) is 3. The number of fused-ring (bicyclic) bond motifs is 4. The first-order chi connectivity index (χ1) is 14.5. The predicted molar refractivity (Wildman–Crippen MR) is 113 cm³/mol. The number of hydrogen-bond acceptors (Lipinski definition) is 6. The molecule has 30 heavy (non-hydrogen) atoms. The number of nitrogens with zero attached hydrogens (tertiary/aromatic N) is 1. The molecule has 5 atom stereocenters. The Morgan fingerprint density at radius 1 is 1.33 bits per heavy atom. The Hall–Kier alpha value is -2.12. The number of piperidine rings is 1. The van der Waals surface area contributed by atoms with E-state index in [1.54, 1.807) is 14.2 Å². The Kier molecular flexibility index (Phi) is 5.77. The Balaban J connectivity index is 1.73. The van der Waals surface area contributed by atoms with Crippen molar-refractivity contribution in [3.05, 3.63) is 23.8 Å². The van der Waals surface area contributed by atoms with Gasteiger partial charge in [-0.15, -0.1) is 0 Å². The largest absolute Gasteiger partial charge is 0.497 e. The zero-order chi connectivity index (χ0) is 21.5. The first-order valence-electron chi connectivity index (χ1n) is 10.8. The lowest BCUT2D eigenvalue weighted by Gasteiger charge is -2.46. The highest BCUT2D eigenvalue weighted by atomic mass is 16.5. The maximum atomic E-state index is 13.4. The van der Waals surface area contributed by atoms with Crippen molar-refractivity contribution >= 4 is 17.6 Å². The fourth-order valence-electron chi connectivity index (χ4n) is 6.10. The number of anilines is 1. The predicted octanol–water partition coefficient (Wildman–Crippen LogP) is 2.44. The quantitative estimate of drug-likeness (QED) is 0.718. The van der Waals surface area contributed by atoms with E-state index in [9.17, 15) is 9.59 Å². The minimum absolute atomic E-state index is 0.0441. The molecule has 3 aliphatic rings. The lowest BCUT2D eigenvalue weighted by atomic mass is 9.66. The summed E-state index contributed by atoms with van der Waals surface area (Å²) in [4.78, 5) is 28.4. The zero-order valence-electron chi connectivity index (χ0n) is 18.3. The standard InChI is InChI=1S/C23H32N2O5/c1-5-14-12-25-9-8-23(18-10-15(29-3)6-7-19(18)24-22(23)27)20(25)11-16(14)17(13-28-2)21(26)30-4/h6-7,10,14,16-17,20H,5,8-9,11-13H2,1-4H3,(H,24,27)/t14-,16-,17?,20-,23+/m1/s1. The zero-order valence-corrected chi connectivity index (χ0v) is 18.3. The fraction of sp³-hybridized carbons (Fsp3) is 0.652. The molecular formula is C23H32N2O5. The van der Waals surface area contributed by atoms with E-state index in [0.717, 1.165) is 49.4 Å². The SMILES string of the molecule is CC[C@@H]1CN2CC[C@@]3(C(=O)Nc4ccc(OC)cc43)[C@H]2C[C@H]1C(COC)C(=O)OC. The molecule has 1 unspecified atom stereocenters. The lowest BCUT2D eigenvalue weighted by Crippen LogP contribution is -2.55. The van der Waals surface area contributed by atoms with Crippen LogP contribution >= 0.6 is 0 Å². The van der Waals surface area contributed by atoms with E-state index < -0.39 is 5.41 Å². The molecule has 3 aliphatic heterocycles. The van der Waals surface area contributed by atoms with Gasteiger partial charge in [-0.3, -0.25) is 14.5 Å². The molecule has 0 bridgehead atoms. The van der Waals surface area contributed by atoms with Gasteiger partial charge in [0.15, 0.2) is 0 Å². The van der Waals surface area contributed by atoms with E-state index >= 15 is 0 Å². The van der Waals surface area contributed by atoms with Crippen molar-refractivity contribution in [2.75, 3.05) is 46.3 Å². The minimum Gasteiger partial charge on any atom is -0.497 e. The second-order valence-corrected chi connectivity index (χ2v) is 8.75. The van der Waals surface area contributed by atoms with Crippen molar-refractivity contribution in [2.45, 2.75) is 37.6 Å². The van der Waals surface area contributed by atoms with Crippen molar-refractivity contribution in [3.8, 4) is 5.75 Å². The molecule has 1 aromatic rings. The average Bonchev–Trinajstić information content (AvgIpc) is 3.28. The number of carbonyl (C=O) groups excluding carboxylic acids is 2. The second-order valence-electron chi connectivity index (χ2n) is 8.75. The third-order valence-electron chi connectivity index (χ3n) is 7.63. The van der Waals surface area contributed by atoms with Gasteiger partial charge >= 0.3 is 5.97 Å². The number of hydrogen-bond donors (Lipinski definition) is 1. The van der Waals surface area contributed by atoms with Crippen molar-refractivity contribution in [1.82, 2.24) is 4.90 Å². The van der Waals surface area contributed by atoms with Gasteiger partial charge in [0.1, 0.15) is 5.75 Å². The van der Waals surface area contributed by atoms with Crippen LogP contribution in [0.25, 0.3) is 0 Å². The second kappa shape index (κ2) is 8.19. The van der Waals surface area contributed by atoms with Gasteiger partial charge in [0.2, 0.25) is 5.91 Å². The topological polar surface area (TPSA) is 77.1 Å². The van der Waals surface area contributed by atoms with Crippen LogP contribution in [0.3, 0.4) is 0 Å². The number of amides is 1. The van der Waals surface area contributed by atoms with Crippen molar-refractivity contribution in [3.63, 3.8) is 0 Å². The molecule has 7 heteroatoms. The van der Waals surface area contributed by atoms with Crippen LogP contribution in [0, 0.1) is 17.8 Å². The summed E-state index contributed by atoms with van der Waals surface area (Å²) >= 11 is 0. The number of carbonyl (C=O) groups is 2. The molecule has 2 saturated heterocycles.